The van der Waals surface area contributed by atoms with Crippen molar-refractivity contribution in [3.63, 3.8) is 0 Å². The zero-order chi connectivity index (χ0) is 42.1. The Morgan fingerprint density at radius 2 is 0.912 bits per heavy atom. The molecule has 0 spiro atoms. The van der Waals surface area contributed by atoms with E-state index in [0.29, 0.717) is 23.9 Å². The Morgan fingerprint density at radius 3 is 1.35 bits per heavy atom. The molecule has 0 aliphatic rings. The highest BCUT2D eigenvalue weighted by atomic mass is 16.7. The number of nitrogens with zero attached hydrogens (tertiary/aromatic N) is 1. The minimum Gasteiger partial charge on any atom is -0.545 e. The predicted molar refractivity (Wildman–Crippen MR) is 233 cm³/mol. The number of hydrogen-bond donors (Lipinski definition) is 0. The maximum atomic E-state index is 12.7. The lowest BCUT2D eigenvalue weighted by Gasteiger charge is -2.26. The molecule has 0 fully saturated rings. The molecule has 0 rings (SSSR count). The first-order chi connectivity index (χ1) is 27.6. The molecule has 0 N–H and O–H groups in total. The first-order valence-electron chi connectivity index (χ1n) is 23.8. The van der Waals surface area contributed by atoms with Crippen molar-refractivity contribution in [2.24, 2.45) is 0 Å². The van der Waals surface area contributed by atoms with Crippen molar-refractivity contribution in [3.8, 4) is 0 Å². The molecule has 0 radical (unpaired) electrons. The van der Waals surface area contributed by atoms with Crippen LogP contribution in [0, 0.1) is 0 Å². The zero-order valence-corrected chi connectivity index (χ0v) is 38.0. The lowest BCUT2D eigenvalue weighted by atomic mass is 10.0. The lowest BCUT2D eigenvalue weighted by Crippen LogP contribution is -2.44. The van der Waals surface area contributed by atoms with E-state index < -0.39 is 24.3 Å². The number of ether oxygens (including phenoxy) is 4. The number of unbranched alkanes of at least 4 members (excludes halogenated alkanes) is 27. The molecule has 336 valence electrons. The van der Waals surface area contributed by atoms with Gasteiger partial charge in [-0.2, -0.15) is 0 Å². The third-order valence-electron chi connectivity index (χ3n) is 10.5. The highest BCUT2D eigenvalue weighted by Gasteiger charge is 2.21. The third-order valence-corrected chi connectivity index (χ3v) is 10.5. The van der Waals surface area contributed by atoms with Crippen molar-refractivity contribution in [1.82, 2.24) is 0 Å². The zero-order valence-electron chi connectivity index (χ0n) is 38.0. The summed E-state index contributed by atoms with van der Waals surface area (Å²) < 4.78 is 22.5. The SMILES string of the molecule is CCCC/C=C\CCCCCCCC(=O)OC(COC(=O)CCCCCCCCCCCCCCCCCCCCCCC)COC(OCC[N+](C)(C)C)C(=O)[O-]. The Bertz CT molecular complexity index is 949. The summed E-state index contributed by atoms with van der Waals surface area (Å²) in [7, 11) is 5.91. The monoisotopic (exact) mass is 810 g/mol. The Labute approximate surface area is 351 Å². The molecule has 0 amide bonds. The van der Waals surface area contributed by atoms with Crippen molar-refractivity contribution >= 4 is 17.9 Å². The molecule has 0 saturated heterocycles. The number of rotatable bonds is 44. The topological polar surface area (TPSA) is 111 Å². The Morgan fingerprint density at radius 1 is 0.509 bits per heavy atom. The molecule has 0 aromatic heterocycles. The average Bonchev–Trinajstić information content (AvgIpc) is 3.17. The summed E-state index contributed by atoms with van der Waals surface area (Å²) in [4.78, 5) is 36.9. The largest absolute Gasteiger partial charge is 0.545 e. The maximum absolute atomic E-state index is 12.7. The van der Waals surface area contributed by atoms with E-state index in [1.807, 2.05) is 21.1 Å². The van der Waals surface area contributed by atoms with E-state index in [-0.39, 0.29) is 32.2 Å². The van der Waals surface area contributed by atoms with Crippen LogP contribution in [0.25, 0.3) is 0 Å². The average molecular weight is 810 g/mol. The first-order valence-corrected chi connectivity index (χ1v) is 23.8. The van der Waals surface area contributed by atoms with Gasteiger partial charge in [0.1, 0.15) is 13.2 Å². The second-order valence-corrected chi connectivity index (χ2v) is 17.4. The summed E-state index contributed by atoms with van der Waals surface area (Å²) in [6, 6.07) is 0. The highest BCUT2D eigenvalue weighted by Crippen LogP contribution is 2.16. The standard InChI is InChI=1S/C48H91NO8/c1-6-8-10-12-14-16-18-19-20-21-22-23-24-25-26-27-29-30-32-34-36-38-45(50)55-42-44(43-56-48(47(52)53)54-41-40-49(3,4)5)57-46(51)39-37-35-33-31-28-17-15-13-11-9-7-2/h13,15,44,48H,6-12,14,16-43H2,1-5H3/b15-13-. The quantitative estimate of drug-likeness (QED) is 0.0197. The van der Waals surface area contributed by atoms with Crippen LogP contribution in [-0.4, -0.2) is 82.3 Å². The molecule has 0 aliphatic heterocycles. The fourth-order valence-electron chi connectivity index (χ4n) is 6.75. The molecule has 9 nitrogen and oxygen atoms in total. The molecule has 0 bridgehead atoms. The van der Waals surface area contributed by atoms with Gasteiger partial charge < -0.3 is 33.3 Å². The summed E-state index contributed by atoms with van der Waals surface area (Å²) >= 11 is 0. The van der Waals surface area contributed by atoms with Gasteiger partial charge in [0, 0.05) is 12.8 Å². The van der Waals surface area contributed by atoms with E-state index in [9.17, 15) is 19.5 Å². The normalized spacial score (nSPS) is 12.9. The van der Waals surface area contributed by atoms with Crippen LogP contribution in [0.2, 0.25) is 0 Å². The number of carboxylic acid groups (broad SMARTS) is 1. The minimum absolute atomic E-state index is 0.149. The smallest absolute Gasteiger partial charge is 0.306 e. The Kier molecular flexibility index (Phi) is 39.4. The van der Waals surface area contributed by atoms with Crippen molar-refractivity contribution in [3.05, 3.63) is 12.2 Å². The summed E-state index contributed by atoms with van der Waals surface area (Å²) in [5.41, 5.74) is 0. The van der Waals surface area contributed by atoms with Crippen molar-refractivity contribution in [2.75, 3.05) is 47.5 Å². The molecule has 2 unspecified atom stereocenters. The molecule has 0 aromatic carbocycles. The fourth-order valence-corrected chi connectivity index (χ4v) is 6.75. The summed E-state index contributed by atoms with van der Waals surface area (Å²) in [5.74, 6) is -2.28. The second kappa shape index (κ2) is 40.8. The molecule has 0 aliphatic carbocycles. The number of carboxylic acids is 1. The first kappa shape index (κ1) is 55.0. The van der Waals surface area contributed by atoms with Crippen LogP contribution in [0.1, 0.15) is 219 Å². The Hall–Kier alpha value is -1.97. The molecular weight excluding hydrogens is 719 g/mol. The van der Waals surface area contributed by atoms with Gasteiger partial charge in [0.05, 0.1) is 40.3 Å². The number of quaternary nitrogens is 1. The number of likely N-dealkylation sites (N-methyl/N-ethyl adjacent to an activating group) is 1. The van der Waals surface area contributed by atoms with Crippen LogP contribution in [0.4, 0.5) is 0 Å². The van der Waals surface area contributed by atoms with E-state index in [1.54, 1.807) is 0 Å². The molecular formula is C48H91NO8. The van der Waals surface area contributed by atoms with Crippen molar-refractivity contribution in [2.45, 2.75) is 232 Å². The van der Waals surface area contributed by atoms with Gasteiger partial charge in [-0.05, 0) is 32.1 Å². The fraction of sp³-hybridized carbons (Fsp3) is 0.896. The van der Waals surface area contributed by atoms with Gasteiger partial charge in [0.25, 0.3) is 0 Å². The van der Waals surface area contributed by atoms with Crippen LogP contribution in [0.3, 0.4) is 0 Å². The number of carbonyl (C=O) groups is 3. The molecule has 57 heavy (non-hydrogen) atoms. The van der Waals surface area contributed by atoms with E-state index in [0.717, 1.165) is 57.8 Å². The van der Waals surface area contributed by atoms with Gasteiger partial charge in [-0.25, -0.2) is 0 Å². The van der Waals surface area contributed by atoms with E-state index in [4.69, 9.17) is 18.9 Å². The van der Waals surface area contributed by atoms with Crippen molar-refractivity contribution in [1.29, 1.82) is 0 Å². The van der Waals surface area contributed by atoms with Gasteiger partial charge >= 0.3 is 11.9 Å². The van der Waals surface area contributed by atoms with Gasteiger partial charge in [-0.15, -0.1) is 0 Å². The molecule has 0 aromatic rings. The van der Waals surface area contributed by atoms with Crippen molar-refractivity contribution < 1.29 is 42.9 Å². The number of allylic oxidation sites excluding steroid dienone is 2. The van der Waals surface area contributed by atoms with E-state index in [1.165, 1.54) is 128 Å². The highest BCUT2D eigenvalue weighted by molar-refractivity contribution is 5.70. The van der Waals surface area contributed by atoms with E-state index >= 15 is 0 Å². The van der Waals surface area contributed by atoms with E-state index in [2.05, 4.69) is 26.0 Å². The van der Waals surface area contributed by atoms with Crippen LogP contribution in [0.5, 0.6) is 0 Å². The number of esters is 2. The van der Waals surface area contributed by atoms with Gasteiger partial charge in [-0.1, -0.05) is 187 Å². The summed E-state index contributed by atoms with van der Waals surface area (Å²) in [6.07, 6.45) is 39.7. The summed E-state index contributed by atoms with van der Waals surface area (Å²) in [5, 5.41) is 11.7. The second-order valence-electron chi connectivity index (χ2n) is 17.4. The molecule has 2 atom stereocenters. The molecule has 0 saturated carbocycles. The van der Waals surface area contributed by atoms with Crippen LogP contribution >= 0.6 is 0 Å². The molecule has 0 heterocycles. The van der Waals surface area contributed by atoms with Gasteiger partial charge in [0.15, 0.2) is 12.4 Å². The Balaban J connectivity index is 4.26. The predicted octanol–water partition coefficient (Wildman–Crippen LogP) is 11.3. The van der Waals surface area contributed by atoms with Gasteiger partial charge in [-0.3, -0.25) is 9.59 Å². The van der Waals surface area contributed by atoms with Crippen LogP contribution in [0.15, 0.2) is 12.2 Å². The molecule has 9 heteroatoms. The third kappa shape index (κ3) is 42.0. The number of aliphatic carboxylic acids is 1. The summed E-state index contributed by atoms with van der Waals surface area (Å²) in [6.45, 7) is 4.71. The number of carbonyl (C=O) groups excluding carboxylic acids is 3. The minimum atomic E-state index is -1.62. The maximum Gasteiger partial charge on any atom is 0.306 e. The lowest BCUT2D eigenvalue weighted by molar-refractivity contribution is -0.870. The van der Waals surface area contributed by atoms with Crippen LogP contribution in [-0.2, 0) is 33.3 Å². The number of hydrogen-bond acceptors (Lipinski definition) is 8. The van der Waals surface area contributed by atoms with Gasteiger partial charge in [0.2, 0.25) is 0 Å². The van der Waals surface area contributed by atoms with Crippen LogP contribution < -0.4 is 5.11 Å².